The van der Waals surface area contributed by atoms with E-state index in [9.17, 15) is 0 Å². The number of benzene rings is 1. The third kappa shape index (κ3) is 3.79. The highest BCUT2D eigenvalue weighted by molar-refractivity contribution is 5.54. The molecule has 0 radical (unpaired) electrons. The lowest BCUT2D eigenvalue weighted by Gasteiger charge is -2.28. The first-order valence-corrected chi connectivity index (χ1v) is 7.50. The molecular formula is C17H21N3O. The zero-order valence-corrected chi connectivity index (χ0v) is 12.4. The minimum Gasteiger partial charge on any atom is -0.490 e. The average molecular weight is 283 g/mol. The number of rotatable bonds is 4. The van der Waals surface area contributed by atoms with Gasteiger partial charge in [-0.15, -0.1) is 0 Å². The third-order valence-corrected chi connectivity index (χ3v) is 3.98. The lowest BCUT2D eigenvalue weighted by Crippen LogP contribution is -2.32. The Hall–Kier alpha value is -1.94. The first-order chi connectivity index (χ1) is 10.3. The summed E-state index contributed by atoms with van der Waals surface area (Å²) in [4.78, 5) is 11.1. The molecule has 3 rings (SSSR count). The van der Waals surface area contributed by atoms with Gasteiger partial charge in [-0.2, -0.15) is 0 Å². The van der Waals surface area contributed by atoms with Gasteiger partial charge in [0, 0.05) is 5.56 Å². The van der Waals surface area contributed by atoms with Crippen LogP contribution in [0.25, 0.3) is 11.4 Å². The minimum absolute atomic E-state index is 0.648. The molecule has 21 heavy (non-hydrogen) atoms. The summed E-state index contributed by atoms with van der Waals surface area (Å²) < 4.78 is 5.83. The molecular weight excluding hydrogens is 262 g/mol. The fourth-order valence-corrected chi connectivity index (χ4v) is 2.57. The standard InChI is InChI=1S/C17H21N3O/c1-20-9-7-14(8-10-20)13-21-16-11-18-17(19-12-16)15-5-3-2-4-6-15/h2-6,11-12,14H,7-10,13H2,1H3. The summed E-state index contributed by atoms with van der Waals surface area (Å²) >= 11 is 0. The van der Waals surface area contributed by atoms with Crippen molar-refractivity contribution in [1.29, 1.82) is 0 Å². The normalized spacial score (nSPS) is 16.8. The molecule has 0 unspecified atom stereocenters. The van der Waals surface area contributed by atoms with E-state index in [-0.39, 0.29) is 0 Å². The van der Waals surface area contributed by atoms with Gasteiger partial charge in [0.05, 0.1) is 19.0 Å². The minimum atomic E-state index is 0.648. The van der Waals surface area contributed by atoms with Gasteiger partial charge in [0.2, 0.25) is 0 Å². The molecule has 0 atom stereocenters. The molecule has 1 saturated heterocycles. The number of likely N-dealkylation sites (tertiary alicyclic amines) is 1. The van der Waals surface area contributed by atoms with Gasteiger partial charge in [-0.3, -0.25) is 0 Å². The largest absolute Gasteiger partial charge is 0.490 e. The monoisotopic (exact) mass is 283 g/mol. The molecule has 1 fully saturated rings. The number of hydrogen-bond acceptors (Lipinski definition) is 4. The number of nitrogens with zero attached hydrogens (tertiary/aromatic N) is 3. The van der Waals surface area contributed by atoms with Gasteiger partial charge < -0.3 is 9.64 Å². The maximum Gasteiger partial charge on any atom is 0.159 e. The highest BCUT2D eigenvalue weighted by Gasteiger charge is 2.17. The number of ether oxygens (including phenoxy) is 1. The smallest absolute Gasteiger partial charge is 0.159 e. The molecule has 1 aliphatic rings. The predicted octanol–water partition coefficient (Wildman–Crippen LogP) is 2.86. The van der Waals surface area contributed by atoms with Crippen molar-refractivity contribution in [3.8, 4) is 17.1 Å². The topological polar surface area (TPSA) is 38.2 Å². The number of aromatic nitrogens is 2. The molecule has 0 N–H and O–H groups in total. The second-order valence-electron chi connectivity index (χ2n) is 5.67. The first-order valence-electron chi connectivity index (χ1n) is 7.50. The second kappa shape index (κ2) is 6.68. The Bertz CT molecular complexity index is 548. The van der Waals surface area contributed by atoms with Crippen LogP contribution in [0.15, 0.2) is 42.7 Å². The van der Waals surface area contributed by atoms with Crippen LogP contribution in [-0.4, -0.2) is 41.6 Å². The van der Waals surface area contributed by atoms with Crippen LogP contribution in [0.2, 0.25) is 0 Å². The van der Waals surface area contributed by atoms with Crippen molar-refractivity contribution >= 4 is 0 Å². The molecule has 0 saturated carbocycles. The van der Waals surface area contributed by atoms with Crippen LogP contribution in [-0.2, 0) is 0 Å². The van der Waals surface area contributed by atoms with E-state index >= 15 is 0 Å². The molecule has 0 aliphatic carbocycles. The zero-order chi connectivity index (χ0) is 14.5. The maximum absolute atomic E-state index is 5.83. The van der Waals surface area contributed by atoms with E-state index in [1.807, 2.05) is 30.3 Å². The molecule has 110 valence electrons. The lowest BCUT2D eigenvalue weighted by molar-refractivity contribution is 0.159. The fourth-order valence-electron chi connectivity index (χ4n) is 2.57. The van der Waals surface area contributed by atoms with E-state index in [0.29, 0.717) is 5.92 Å². The van der Waals surface area contributed by atoms with Gasteiger partial charge in [-0.25, -0.2) is 9.97 Å². The fraction of sp³-hybridized carbons (Fsp3) is 0.412. The molecule has 2 heterocycles. The number of hydrogen-bond donors (Lipinski definition) is 0. The lowest BCUT2D eigenvalue weighted by atomic mass is 9.98. The molecule has 0 amide bonds. The molecule has 0 spiro atoms. The van der Waals surface area contributed by atoms with Crippen LogP contribution in [0.3, 0.4) is 0 Å². The molecule has 1 aromatic carbocycles. The van der Waals surface area contributed by atoms with E-state index in [2.05, 4.69) is 21.9 Å². The Morgan fingerprint density at radius 1 is 1.10 bits per heavy atom. The summed E-state index contributed by atoms with van der Waals surface area (Å²) in [7, 11) is 2.17. The number of piperidine rings is 1. The Balaban J connectivity index is 1.55. The molecule has 0 bridgehead atoms. The maximum atomic E-state index is 5.83. The second-order valence-corrected chi connectivity index (χ2v) is 5.67. The van der Waals surface area contributed by atoms with Crippen LogP contribution in [0.1, 0.15) is 12.8 Å². The molecule has 1 aliphatic heterocycles. The van der Waals surface area contributed by atoms with Crippen LogP contribution in [0.5, 0.6) is 5.75 Å². The Kier molecular flexibility index (Phi) is 4.46. The Morgan fingerprint density at radius 2 is 1.76 bits per heavy atom. The first kappa shape index (κ1) is 14.0. The van der Waals surface area contributed by atoms with Crippen LogP contribution in [0, 0.1) is 5.92 Å². The van der Waals surface area contributed by atoms with E-state index in [0.717, 1.165) is 36.8 Å². The Labute approximate surface area is 125 Å². The molecule has 4 nitrogen and oxygen atoms in total. The van der Waals surface area contributed by atoms with Gasteiger partial charge in [0.1, 0.15) is 0 Å². The van der Waals surface area contributed by atoms with Gasteiger partial charge in [-0.05, 0) is 38.9 Å². The van der Waals surface area contributed by atoms with Crippen molar-refractivity contribution in [3.05, 3.63) is 42.7 Å². The van der Waals surface area contributed by atoms with Crippen molar-refractivity contribution in [3.63, 3.8) is 0 Å². The third-order valence-electron chi connectivity index (χ3n) is 3.98. The van der Waals surface area contributed by atoms with Crippen LogP contribution >= 0.6 is 0 Å². The summed E-state index contributed by atoms with van der Waals surface area (Å²) in [5.41, 5.74) is 1.03. The van der Waals surface area contributed by atoms with Crippen molar-refractivity contribution in [2.45, 2.75) is 12.8 Å². The van der Waals surface area contributed by atoms with Gasteiger partial charge in [0.25, 0.3) is 0 Å². The van der Waals surface area contributed by atoms with Crippen LogP contribution in [0.4, 0.5) is 0 Å². The summed E-state index contributed by atoms with van der Waals surface area (Å²) in [5, 5.41) is 0. The van der Waals surface area contributed by atoms with E-state index in [1.165, 1.54) is 12.8 Å². The van der Waals surface area contributed by atoms with Crippen molar-refractivity contribution in [2.24, 2.45) is 5.92 Å². The summed E-state index contributed by atoms with van der Waals surface area (Å²) in [6, 6.07) is 9.98. The van der Waals surface area contributed by atoms with Gasteiger partial charge in [0.15, 0.2) is 11.6 Å². The highest BCUT2D eigenvalue weighted by Crippen LogP contribution is 2.19. The summed E-state index contributed by atoms with van der Waals surface area (Å²) in [6.45, 7) is 3.09. The quantitative estimate of drug-likeness (QED) is 0.865. The van der Waals surface area contributed by atoms with Gasteiger partial charge >= 0.3 is 0 Å². The van der Waals surface area contributed by atoms with Crippen molar-refractivity contribution in [1.82, 2.24) is 14.9 Å². The van der Waals surface area contributed by atoms with E-state index < -0.39 is 0 Å². The van der Waals surface area contributed by atoms with Crippen molar-refractivity contribution < 1.29 is 4.74 Å². The molecule has 4 heteroatoms. The summed E-state index contributed by atoms with van der Waals surface area (Å²) in [5.74, 6) is 2.14. The Morgan fingerprint density at radius 3 is 2.43 bits per heavy atom. The molecule has 1 aromatic heterocycles. The summed E-state index contributed by atoms with van der Waals surface area (Å²) in [6.07, 6.45) is 5.95. The highest BCUT2D eigenvalue weighted by atomic mass is 16.5. The SMILES string of the molecule is CN1CCC(COc2cnc(-c3ccccc3)nc2)CC1. The van der Waals surface area contributed by atoms with E-state index in [4.69, 9.17) is 4.74 Å². The van der Waals surface area contributed by atoms with Gasteiger partial charge in [-0.1, -0.05) is 30.3 Å². The van der Waals surface area contributed by atoms with Crippen molar-refractivity contribution in [2.75, 3.05) is 26.7 Å². The van der Waals surface area contributed by atoms with Crippen LogP contribution < -0.4 is 4.74 Å². The average Bonchev–Trinajstić information content (AvgIpc) is 2.56. The zero-order valence-electron chi connectivity index (χ0n) is 12.4. The van der Waals surface area contributed by atoms with E-state index in [1.54, 1.807) is 12.4 Å². The molecule has 2 aromatic rings. The predicted molar refractivity (Wildman–Crippen MR) is 83.2 cm³/mol.